The summed E-state index contributed by atoms with van der Waals surface area (Å²) in [6.45, 7) is 4.52. The van der Waals surface area contributed by atoms with E-state index < -0.39 is 0 Å². The summed E-state index contributed by atoms with van der Waals surface area (Å²) < 4.78 is 8.90. The Bertz CT molecular complexity index is 3020. The minimum absolute atomic E-state index is 0.590. The summed E-state index contributed by atoms with van der Waals surface area (Å²) in [5.74, 6) is 0.834. The van der Waals surface area contributed by atoms with Crippen molar-refractivity contribution in [1.82, 2.24) is 4.57 Å². The summed E-state index contributed by atoms with van der Waals surface area (Å²) in [6.07, 6.45) is 5.77. The normalized spacial score (nSPS) is 11.9. The fourth-order valence-electron chi connectivity index (χ4n) is 8.09. The Labute approximate surface area is 301 Å². The summed E-state index contributed by atoms with van der Waals surface area (Å²) >= 11 is 0. The highest BCUT2D eigenvalue weighted by Gasteiger charge is 2.23. The van der Waals surface area contributed by atoms with Gasteiger partial charge in [0.2, 0.25) is 0 Å². The monoisotopic (exact) mass is 666 g/mol. The van der Waals surface area contributed by atoms with Crippen molar-refractivity contribution in [1.29, 1.82) is 0 Å². The van der Waals surface area contributed by atoms with Crippen LogP contribution in [0.1, 0.15) is 11.3 Å². The number of furan rings is 1. The van der Waals surface area contributed by atoms with E-state index in [9.17, 15) is 0 Å². The quantitative estimate of drug-likeness (QED) is 0.125. The molecule has 0 saturated carbocycles. The van der Waals surface area contributed by atoms with E-state index in [-0.39, 0.29) is 0 Å². The van der Waals surface area contributed by atoms with Crippen LogP contribution in [0, 0.1) is 0 Å². The van der Waals surface area contributed by atoms with Crippen molar-refractivity contribution in [3.63, 3.8) is 0 Å². The highest BCUT2D eigenvalue weighted by Crippen LogP contribution is 2.43. The van der Waals surface area contributed by atoms with Crippen LogP contribution in [0.25, 0.3) is 76.9 Å². The zero-order chi connectivity index (χ0) is 34.6. The molecule has 2 aromatic heterocycles. The van der Waals surface area contributed by atoms with Crippen LogP contribution < -0.4 is 4.90 Å². The van der Waals surface area contributed by atoms with Gasteiger partial charge in [-0.25, -0.2) is 0 Å². The first-order valence-corrected chi connectivity index (χ1v) is 17.8. The summed E-state index contributed by atoms with van der Waals surface area (Å²) in [7, 11) is 0. The predicted molar refractivity (Wildman–Crippen MR) is 221 cm³/mol. The van der Waals surface area contributed by atoms with E-state index in [1.54, 1.807) is 6.08 Å². The lowest BCUT2D eigenvalue weighted by Gasteiger charge is -2.27. The first kappa shape index (κ1) is 30.0. The second kappa shape index (κ2) is 12.2. The minimum atomic E-state index is 0.590. The van der Waals surface area contributed by atoms with Crippen LogP contribution in [-0.2, 0) is 6.54 Å². The molecule has 0 aliphatic rings. The molecule has 10 aromatic rings. The number of anilines is 2. The lowest BCUT2D eigenvalue weighted by molar-refractivity contribution is 0.598. The van der Waals surface area contributed by atoms with Gasteiger partial charge in [0.05, 0.1) is 23.3 Å². The number of hydrogen-bond donors (Lipinski definition) is 0. The molecule has 0 bridgehead atoms. The van der Waals surface area contributed by atoms with Crippen molar-refractivity contribution in [3.8, 4) is 5.69 Å². The highest BCUT2D eigenvalue weighted by molar-refractivity contribution is 6.18. The third-order valence-electron chi connectivity index (χ3n) is 10.4. The summed E-state index contributed by atoms with van der Waals surface area (Å²) in [5, 5.41) is 11.1. The average Bonchev–Trinajstić information content (AvgIpc) is 3.74. The number of fused-ring (bicyclic) bond motifs is 9. The molecular weight excluding hydrogens is 633 g/mol. The second-order valence-corrected chi connectivity index (χ2v) is 13.3. The van der Waals surface area contributed by atoms with Crippen molar-refractivity contribution in [2.45, 2.75) is 6.54 Å². The zero-order valence-electron chi connectivity index (χ0n) is 28.5. The van der Waals surface area contributed by atoms with E-state index in [0.717, 1.165) is 44.9 Å². The Morgan fingerprint density at radius 3 is 2.08 bits per heavy atom. The Morgan fingerprint density at radius 1 is 0.558 bits per heavy atom. The Balaban J connectivity index is 1.26. The van der Waals surface area contributed by atoms with Gasteiger partial charge in [-0.05, 0) is 80.9 Å². The molecule has 0 aliphatic carbocycles. The van der Waals surface area contributed by atoms with Crippen LogP contribution in [0.15, 0.2) is 187 Å². The molecule has 3 nitrogen and oxygen atoms in total. The van der Waals surface area contributed by atoms with Crippen LogP contribution in [-0.4, -0.2) is 4.57 Å². The van der Waals surface area contributed by atoms with Crippen LogP contribution in [0.3, 0.4) is 0 Å². The number of rotatable bonds is 7. The fraction of sp³-hybridized carbons (Fsp3) is 0.0204. The molecule has 0 N–H and O–H groups in total. The van der Waals surface area contributed by atoms with E-state index in [1.165, 1.54) is 48.6 Å². The Hall–Kier alpha value is -6.84. The number of para-hydroxylation sites is 4. The molecule has 0 unspecified atom stereocenters. The number of benzene rings is 8. The molecular formula is C49H34N2O. The summed E-state index contributed by atoms with van der Waals surface area (Å²) in [6, 6.07) is 59.1. The predicted octanol–water partition coefficient (Wildman–Crippen LogP) is 13.5. The molecule has 0 radical (unpaired) electrons. The van der Waals surface area contributed by atoms with Crippen molar-refractivity contribution in [3.05, 3.63) is 194 Å². The van der Waals surface area contributed by atoms with Gasteiger partial charge in [0.1, 0.15) is 11.3 Å². The molecule has 0 fully saturated rings. The molecule has 2 heterocycles. The SMILES string of the molecule is C=C/C=C\c1oc2ccccc2c1CN(c1ccc2c(ccc3c4ccccc4ccc23)c1)c1cccc2c3ccccc3n(-c3ccccc3)c12. The van der Waals surface area contributed by atoms with Gasteiger partial charge in [-0.1, -0.05) is 140 Å². The first-order chi connectivity index (χ1) is 25.8. The molecule has 0 spiro atoms. The van der Waals surface area contributed by atoms with Gasteiger partial charge < -0.3 is 13.9 Å². The lowest BCUT2D eigenvalue weighted by atomic mass is 9.96. The van der Waals surface area contributed by atoms with Gasteiger partial charge in [-0.2, -0.15) is 0 Å². The molecule has 0 saturated heterocycles. The lowest BCUT2D eigenvalue weighted by Crippen LogP contribution is -2.18. The third-order valence-corrected chi connectivity index (χ3v) is 10.4. The Kier molecular flexibility index (Phi) is 7.04. The van der Waals surface area contributed by atoms with Gasteiger partial charge in [0.15, 0.2) is 0 Å². The van der Waals surface area contributed by atoms with E-state index in [2.05, 4.69) is 168 Å². The van der Waals surface area contributed by atoms with Crippen LogP contribution in [0.4, 0.5) is 11.4 Å². The summed E-state index contributed by atoms with van der Waals surface area (Å²) in [4.78, 5) is 2.47. The van der Waals surface area contributed by atoms with E-state index in [4.69, 9.17) is 4.42 Å². The average molecular weight is 667 g/mol. The van der Waals surface area contributed by atoms with Gasteiger partial charge in [-0.15, -0.1) is 0 Å². The summed E-state index contributed by atoms with van der Waals surface area (Å²) in [5.41, 5.74) is 7.68. The van der Waals surface area contributed by atoms with Gasteiger partial charge in [-0.3, -0.25) is 0 Å². The minimum Gasteiger partial charge on any atom is -0.456 e. The maximum atomic E-state index is 6.49. The van der Waals surface area contributed by atoms with Crippen LogP contribution in [0.5, 0.6) is 0 Å². The van der Waals surface area contributed by atoms with Crippen molar-refractivity contribution in [2.75, 3.05) is 4.90 Å². The molecule has 10 rings (SSSR count). The van der Waals surface area contributed by atoms with Gasteiger partial charge in [0.25, 0.3) is 0 Å². The molecule has 8 aromatic carbocycles. The standard InChI is InChI=1S/C49H34N2O/c1-2-3-23-48-44(42-19-10-12-24-47(42)52-48)32-50(36-27-30-38-34(31-36)26-29-39-37-17-8-7-14-33(37)25-28-40(38)39)46-22-13-20-43-41-18-9-11-21-45(41)51(49(43)46)35-15-5-4-6-16-35/h2-31H,1,32H2/b23-3-. The zero-order valence-corrected chi connectivity index (χ0v) is 28.5. The van der Waals surface area contributed by atoms with Crippen molar-refractivity contribution in [2.24, 2.45) is 0 Å². The first-order valence-electron chi connectivity index (χ1n) is 17.8. The fourth-order valence-corrected chi connectivity index (χ4v) is 8.09. The molecule has 0 atom stereocenters. The van der Waals surface area contributed by atoms with Crippen LogP contribution >= 0.6 is 0 Å². The van der Waals surface area contributed by atoms with Crippen molar-refractivity contribution < 1.29 is 4.42 Å². The van der Waals surface area contributed by atoms with Gasteiger partial charge >= 0.3 is 0 Å². The highest BCUT2D eigenvalue weighted by atomic mass is 16.3. The van der Waals surface area contributed by atoms with Crippen LogP contribution in [0.2, 0.25) is 0 Å². The Morgan fingerprint density at radius 2 is 1.23 bits per heavy atom. The maximum Gasteiger partial charge on any atom is 0.135 e. The number of aromatic nitrogens is 1. The topological polar surface area (TPSA) is 21.3 Å². The molecule has 52 heavy (non-hydrogen) atoms. The second-order valence-electron chi connectivity index (χ2n) is 13.3. The van der Waals surface area contributed by atoms with E-state index >= 15 is 0 Å². The molecule has 0 amide bonds. The van der Waals surface area contributed by atoms with Crippen molar-refractivity contribution >= 4 is 82.5 Å². The maximum absolute atomic E-state index is 6.49. The molecule has 246 valence electrons. The molecule has 3 heteroatoms. The third kappa shape index (κ3) is 4.74. The largest absolute Gasteiger partial charge is 0.456 e. The van der Waals surface area contributed by atoms with E-state index in [1.807, 2.05) is 24.3 Å². The number of hydrogen-bond acceptors (Lipinski definition) is 2. The number of allylic oxidation sites excluding steroid dienone is 2. The van der Waals surface area contributed by atoms with E-state index in [0.29, 0.717) is 6.54 Å². The molecule has 0 aliphatic heterocycles. The number of nitrogens with zero attached hydrogens (tertiary/aromatic N) is 2. The van der Waals surface area contributed by atoms with Gasteiger partial charge in [0, 0.05) is 33.1 Å². The smallest absolute Gasteiger partial charge is 0.135 e.